The van der Waals surface area contributed by atoms with Crippen LogP contribution in [0, 0.1) is 0 Å². The SMILES string of the molecule is CCCCCCCCCCCCCCCCCCCCC(S)(C(=O)O)C(S)C(=O)O. The van der Waals surface area contributed by atoms with E-state index in [4.69, 9.17) is 5.11 Å². The van der Waals surface area contributed by atoms with E-state index in [9.17, 15) is 14.7 Å². The third-order valence-electron chi connectivity index (χ3n) is 5.97. The van der Waals surface area contributed by atoms with Crippen LogP contribution in [0.25, 0.3) is 0 Å². The molecule has 0 fully saturated rings. The van der Waals surface area contributed by atoms with Crippen LogP contribution in [0.5, 0.6) is 0 Å². The minimum Gasteiger partial charge on any atom is -0.480 e. The van der Waals surface area contributed by atoms with E-state index in [0.29, 0.717) is 6.42 Å². The fourth-order valence-corrected chi connectivity index (χ4v) is 4.37. The lowest BCUT2D eigenvalue weighted by atomic mass is 9.95. The van der Waals surface area contributed by atoms with Gasteiger partial charge in [-0.25, -0.2) is 0 Å². The van der Waals surface area contributed by atoms with Crippen molar-refractivity contribution in [1.82, 2.24) is 0 Å². The van der Waals surface area contributed by atoms with Crippen molar-refractivity contribution in [3.8, 4) is 0 Å². The Kier molecular flexibility index (Phi) is 19.1. The maximum atomic E-state index is 11.4. The first-order valence-corrected chi connectivity index (χ1v) is 13.2. The van der Waals surface area contributed by atoms with Crippen molar-refractivity contribution < 1.29 is 19.8 Å². The molecule has 0 saturated carbocycles. The lowest BCUT2D eigenvalue weighted by molar-refractivity contribution is -0.145. The maximum absolute atomic E-state index is 11.4. The van der Waals surface area contributed by atoms with Crippen molar-refractivity contribution in [2.75, 3.05) is 0 Å². The molecule has 4 nitrogen and oxygen atoms in total. The number of hydrogen-bond acceptors (Lipinski definition) is 4. The quantitative estimate of drug-likeness (QED) is 0.0989. The van der Waals surface area contributed by atoms with Crippen LogP contribution in [0.1, 0.15) is 129 Å². The highest BCUT2D eigenvalue weighted by Crippen LogP contribution is 2.31. The summed E-state index contributed by atoms with van der Waals surface area (Å²) in [6.07, 6.45) is 23.1. The Morgan fingerprint density at radius 3 is 1.23 bits per heavy atom. The van der Waals surface area contributed by atoms with E-state index < -0.39 is 21.9 Å². The molecular weight excluding hydrogens is 416 g/mol. The van der Waals surface area contributed by atoms with Gasteiger partial charge >= 0.3 is 11.9 Å². The Morgan fingerprint density at radius 2 is 0.967 bits per heavy atom. The number of hydrogen-bond donors (Lipinski definition) is 4. The summed E-state index contributed by atoms with van der Waals surface area (Å²) in [7, 11) is 0. The second-order valence-corrected chi connectivity index (χ2v) is 10.0. The molecule has 0 amide bonds. The average Bonchev–Trinajstić information content (AvgIpc) is 2.71. The standard InChI is InChI=1S/C24H46O4S2/c1-2-3-4-5-6-7-8-9-10-11-12-13-14-15-16-17-18-19-20-24(30,23(27)28)21(29)22(25)26/h21,29-30H,2-20H2,1H3,(H,25,26)(H,27,28). The molecule has 0 aromatic rings. The normalized spacial score (nSPS) is 14.4. The Labute approximate surface area is 195 Å². The van der Waals surface area contributed by atoms with E-state index in [-0.39, 0.29) is 6.42 Å². The predicted octanol–water partition coefficient (Wildman–Crippen LogP) is 7.55. The summed E-state index contributed by atoms with van der Waals surface area (Å²) in [5.74, 6) is -2.45. The van der Waals surface area contributed by atoms with Crippen molar-refractivity contribution >= 4 is 37.2 Å². The molecule has 2 unspecified atom stereocenters. The molecule has 0 radical (unpaired) electrons. The molecule has 0 aromatic heterocycles. The van der Waals surface area contributed by atoms with E-state index in [2.05, 4.69) is 32.2 Å². The van der Waals surface area contributed by atoms with Gasteiger partial charge in [-0.3, -0.25) is 9.59 Å². The zero-order valence-corrected chi connectivity index (χ0v) is 20.9. The highest BCUT2D eigenvalue weighted by Gasteiger charge is 2.44. The Morgan fingerprint density at radius 1 is 0.667 bits per heavy atom. The minimum atomic E-state index is -1.61. The highest BCUT2D eigenvalue weighted by molar-refractivity contribution is 7.87. The molecule has 2 atom stereocenters. The molecule has 0 bridgehead atoms. The van der Waals surface area contributed by atoms with Crippen LogP contribution < -0.4 is 0 Å². The van der Waals surface area contributed by atoms with Crippen molar-refractivity contribution in [1.29, 1.82) is 0 Å². The van der Waals surface area contributed by atoms with E-state index in [1.165, 1.54) is 89.9 Å². The number of rotatable bonds is 22. The van der Waals surface area contributed by atoms with Gasteiger partial charge in [-0.1, -0.05) is 122 Å². The maximum Gasteiger partial charge on any atom is 0.321 e. The number of aliphatic carboxylic acids is 2. The molecule has 30 heavy (non-hydrogen) atoms. The smallest absolute Gasteiger partial charge is 0.321 e. The molecule has 178 valence electrons. The van der Waals surface area contributed by atoms with Gasteiger partial charge in [-0.15, -0.1) is 0 Å². The van der Waals surface area contributed by atoms with E-state index in [1.807, 2.05) is 0 Å². The van der Waals surface area contributed by atoms with Gasteiger partial charge in [0.05, 0.1) is 0 Å². The van der Waals surface area contributed by atoms with E-state index >= 15 is 0 Å². The molecule has 2 N–H and O–H groups in total. The van der Waals surface area contributed by atoms with Crippen LogP contribution in [-0.2, 0) is 9.59 Å². The predicted molar refractivity (Wildman–Crippen MR) is 133 cm³/mol. The first-order chi connectivity index (χ1) is 14.4. The third kappa shape index (κ3) is 14.6. The van der Waals surface area contributed by atoms with Gasteiger partial charge in [-0.2, -0.15) is 25.3 Å². The molecule has 0 aliphatic rings. The summed E-state index contributed by atoms with van der Waals surface area (Å²) in [6, 6.07) is 0. The molecule has 0 spiro atoms. The fraction of sp³-hybridized carbons (Fsp3) is 0.917. The Balaban J connectivity index is 3.46. The first-order valence-electron chi connectivity index (χ1n) is 12.2. The van der Waals surface area contributed by atoms with E-state index in [1.54, 1.807) is 0 Å². The number of unbranched alkanes of at least 4 members (excludes halogenated alkanes) is 17. The highest BCUT2D eigenvalue weighted by atomic mass is 32.1. The summed E-state index contributed by atoms with van der Waals surface area (Å²) in [4.78, 5) is 22.4. The lowest BCUT2D eigenvalue weighted by Crippen LogP contribution is -2.45. The second kappa shape index (κ2) is 19.3. The molecule has 0 heterocycles. The van der Waals surface area contributed by atoms with Gasteiger partial charge in [-0.05, 0) is 6.42 Å². The number of carbonyl (C=O) groups is 2. The first kappa shape index (κ1) is 29.6. The summed E-state index contributed by atoms with van der Waals surface area (Å²) < 4.78 is -1.61. The van der Waals surface area contributed by atoms with Gasteiger partial charge < -0.3 is 10.2 Å². The zero-order valence-electron chi connectivity index (χ0n) is 19.1. The molecule has 0 aliphatic carbocycles. The molecule has 0 aliphatic heterocycles. The van der Waals surface area contributed by atoms with Gasteiger partial charge in [0.1, 0.15) is 10.00 Å². The summed E-state index contributed by atoms with van der Waals surface area (Å²) >= 11 is 8.05. The topological polar surface area (TPSA) is 74.6 Å². The molecule has 0 aromatic carbocycles. The minimum absolute atomic E-state index is 0.227. The Hall–Kier alpha value is -0.360. The monoisotopic (exact) mass is 462 g/mol. The summed E-state index contributed by atoms with van der Waals surface area (Å²) in [5, 5.41) is 17.0. The van der Waals surface area contributed by atoms with Gasteiger partial charge in [0.15, 0.2) is 0 Å². The summed E-state index contributed by atoms with van der Waals surface area (Å²) in [5.41, 5.74) is 0. The molecule has 0 rings (SSSR count). The number of thiol groups is 2. The van der Waals surface area contributed by atoms with Crippen LogP contribution in [0.3, 0.4) is 0 Å². The van der Waals surface area contributed by atoms with E-state index in [0.717, 1.165) is 19.3 Å². The van der Waals surface area contributed by atoms with Gasteiger partial charge in [0.2, 0.25) is 0 Å². The van der Waals surface area contributed by atoms with Gasteiger partial charge in [0, 0.05) is 0 Å². The largest absolute Gasteiger partial charge is 0.480 e. The van der Waals surface area contributed by atoms with Crippen molar-refractivity contribution in [2.45, 2.75) is 139 Å². The number of carboxylic acids is 2. The molecule has 6 heteroatoms. The van der Waals surface area contributed by atoms with Crippen molar-refractivity contribution in [3.05, 3.63) is 0 Å². The summed E-state index contributed by atoms with van der Waals surface area (Å²) in [6.45, 7) is 2.27. The van der Waals surface area contributed by atoms with Crippen LogP contribution >= 0.6 is 25.3 Å². The second-order valence-electron chi connectivity index (χ2n) is 8.73. The van der Waals surface area contributed by atoms with Crippen molar-refractivity contribution in [2.24, 2.45) is 0 Å². The van der Waals surface area contributed by atoms with Crippen LogP contribution in [-0.4, -0.2) is 32.1 Å². The average molecular weight is 463 g/mol. The number of carboxylic acid groups (broad SMARTS) is 2. The Bertz CT molecular complexity index is 445. The van der Waals surface area contributed by atoms with Crippen molar-refractivity contribution in [3.63, 3.8) is 0 Å². The third-order valence-corrected chi connectivity index (χ3v) is 7.51. The van der Waals surface area contributed by atoms with Gasteiger partial charge in [0.25, 0.3) is 0 Å². The zero-order chi connectivity index (χ0) is 22.7. The van der Waals surface area contributed by atoms with Crippen LogP contribution in [0.4, 0.5) is 0 Å². The molecular formula is C24H46O4S2. The lowest BCUT2D eigenvalue weighted by Gasteiger charge is -2.26. The van der Waals surface area contributed by atoms with Crippen LogP contribution in [0.2, 0.25) is 0 Å². The fourth-order valence-electron chi connectivity index (χ4n) is 3.86. The molecule has 0 saturated heterocycles. The van der Waals surface area contributed by atoms with Crippen LogP contribution in [0.15, 0.2) is 0 Å².